The summed E-state index contributed by atoms with van der Waals surface area (Å²) >= 11 is 0. The van der Waals surface area contributed by atoms with Crippen LogP contribution in [0.1, 0.15) is 30.5 Å². The molecule has 5 heteroatoms. The molecule has 0 aromatic carbocycles. The van der Waals surface area contributed by atoms with Gasteiger partial charge in [0.25, 0.3) is 0 Å². The molecule has 1 aromatic heterocycles. The molecule has 0 amide bonds. The van der Waals surface area contributed by atoms with Crippen molar-refractivity contribution in [2.24, 2.45) is 0 Å². The van der Waals surface area contributed by atoms with Gasteiger partial charge in [-0.1, -0.05) is 0 Å². The second kappa shape index (κ2) is 4.49. The molecule has 0 unspecified atom stereocenters. The van der Waals surface area contributed by atoms with Crippen LogP contribution >= 0.6 is 0 Å². The normalized spacial score (nSPS) is 19.4. The first-order valence-electron chi connectivity index (χ1n) is 6.28. The summed E-state index contributed by atoms with van der Waals surface area (Å²) in [4.78, 5) is 8.87. The number of anilines is 1. The van der Waals surface area contributed by atoms with Crippen molar-refractivity contribution in [2.45, 2.75) is 38.3 Å². The van der Waals surface area contributed by atoms with Gasteiger partial charge in [0.05, 0.1) is 12.8 Å². The van der Waals surface area contributed by atoms with Crippen molar-refractivity contribution in [1.82, 2.24) is 15.3 Å². The summed E-state index contributed by atoms with van der Waals surface area (Å²) in [5.74, 6) is 0.962. The van der Waals surface area contributed by atoms with E-state index >= 15 is 0 Å². The molecule has 0 atom stereocenters. The average molecular weight is 234 g/mol. The summed E-state index contributed by atoms with van der Waals surface area (Å²) in [5, 5.41) is 6.88. The van der Waals surface area contributed by atoms with Gasteiger partial charge in [0.15, 0.2) is 0 Å². The highest BCUT2D eigenvalue weighted by atomic mass is 16.5. The minimum absolute atomic E-state index is 0.479. The lowest BCUT2D eigenvalue weighted by atomic mass is 9.93. The number of fused-ring (bicyclic) bond motifs is 1. The van der Waals surface area contributed by atoms with Crippen LogP contribution in [0.15, 0.2) is 0 Å². The van der Waals surface area contributed by atoms with Crippen molar-refractivity contribution in [3.8, 4) is 6.01 Å². The van der Waals surface area contributed by atoms with E-state index in [0.717, 1.165) is 31.0 Å². The minimum Gasteiger partial charge on any atom is -0.467 e. The Labute approximate surface area is 101 Å². The van der Waals surface area contributed by atoms with E-state index < -0.39 is 0 Å². The lowest BCUT2D eigenvalue weighted by Crippen LogP contribution is -2.31. The van der Waals surface area contributed by atoms with Gasteiger partial charge in [0.2, 0.25) is 0 Å². The molecule has 2 heterocycles. The molecule has 1 fully saturated rings. The topological polar surface area (TPSA) is 59.1 Å². The van der Waals surface area contributed by atoms with E-state index in [1.54, 1.807) is 7.11 Å². The zero-order valence-corrected chi connectivity index (χ0v) is 10.1. The Morgan fingerprint density at radius 2 is 2.24 bits per heavy atom. The zero-order chi connectivity index (χ0) is 11.7. The maximum Gasteiger partial charge on any atom is 0.318 e. The molecular formula is C12H18N4O. The summed E-state index contributed by atoms with van der Waals surface area (Å²) < 4.78 is 5.17. The van der Waals surface area contributed by atoms with Crippen molar-refractivity contribution >= 4 is 5.82 Å². The first kappa shape index (κ1) is 10.8. The molecule has 2 N–H and O–H groups in total. The van der Waals surface area contributed by atoms with Crippen molar-refractivity contribution < 1.29 is 4.74 Å². The Morgan fingerprint density at radius 3 is 2.94 bits per heavy atom. The van der Waals surface area contributed by atoms with Gasteiger partial charge in [0.1, 0.15) is 5.82 Å². The second-order valence-corrected chi connectivity index (χ2v) is 4.68. The molecule has 0 saturated heterocycles. The van der Waals surface area contributed by atoms with Gasteiger partial charge in [-0.2, -0.15) is 9.97 Å². The standard InChI is InChI=1S/C12H18N4O/c1-17-12-15-10-5-6-13-7-9(10)11(16-12)14-8-3-2-4-8/h8,13H,2-7H2,1H3,(H,14,15,16). The number of methoxy groups -OCH3 is 1. The molecule has 92 valence electrons. The fraction of sp³-hybridized carbons (Fsp3) is 0.667. The molecular weight excluding hydrogens is 216 g/mol. The highest BCUT2D eigenvalue weighted by Crippen LogP contribution is 2.27. The van der Waals surface area contributed by atoms with E-state index in [-0.39, 0.29) is 0 Å². The molecule has 0 bridgehead atoms. The quantitative estimate of drug-likeness (QED) is 0.820. The van der Waals surface area contributed by atoms with E-state index in [4.69, 9.17) is 4.74 Å². The monoisotopic (exact) mass is 234 g/mol. The number of nitrogens with one attached hydrogen (secondary N) is 2. The van der Waals surface area contributed by atoms with Gasteiger partial charge in [-0.15, -0.1) is 0 Å². The SMILES string of the molecule is COc1nc2c(c(NC3CCC3)n1)CNCC2. The summed E-state index contributed by atoms with van der Waals surface area (Å²) in [6.45, 7) is 1.84. The van der Waals surface area contributed by atoms with E-state index in [2.05, 4.69) is 20.6 Å². The van der Waals surface area contributed by atoms with Crippen molar-refractivity contribution in [1.29, 1.82) is 0 Å². The third-order valence-electron chi connectivity index (χ3n) is 3.54. The molecule has 3 rings (SSSR count). The van der Waals surface area contributed by atoms with Crippen LogP contribution < -0.4 is 15.4 Å². The van der Waals surface area contributed by atoms with E-state index in [9.17, 15) is 0 Å². The Morgan fingerprint density at radius 1 is 1.35 bits per heavy atom. The number of hydrogen-bond acceptors (Lipinski definition) is 5. The molecule has 1 aliphatic heterocycles. The van der Waals surface area contributed by atoms with Crippen LogP contribution in [-0.4, -0.2) is 29.7 Å². The first-order chi connectivity index (χ1) is 8.36. The van der Waals surface area contributed by atoms with Gasteiger partial charge < -0.3 is 15.4 Å². The van der Waals surface area contributed by atoms with Crippen LogP contribution in [0.25, 0.3) is 0 Å². The molecule has 0 radical (unpaired) electrons. The van der Waals surface area contributed by atoms with E-state index in [0.29, 0.717) is 12.1 Å². The Balaban J connectivity index is 1.92. The molecule has 1 saturated carbocycles. The number of hydrogen-bond donors (Lipinski definition) is 2. The molecule has 2 aliphatic rings. The second-order valence-electron chi connectivity index (χ2n) is 4.68. The number of rotatable bonds is 3. The zero-order valence-electron chi connectivity index (χ0n) is 10.1. The summed E-state index contributed by atoms with van der Waals surface area (Å²) in [6, 6.07) is 1.06. The lowest BCUT2D eigenvalue weighted by molar-refractivity contribution is 0.375. The summed E-state index contributed by atoms with van der Waals surface area (Å²) in [6.07, 6.45) is 4.76. The van der Waals surface area contributed by atoms with Crippen molar-refractivity contribution in [2.75, 3.05) is 19.0 Å². The predicted molar refractivity (Wildman–Crippen MR) is 65.3 cm³/mol. The predicted octanol–water partition coefficient (Wildman–Crippen LogP) is 1.10. The van der Waals surface area contributed by atoms with E-state index in [1.165, 1.54) is 24.8 Å². The Bertz CT molecular complexity index is 417. The molecule has 0 spiro atoms. The molecule has 1 aliphatic carbocycles. The van der Waals surface area contributed by atoms with Gasteiger partial charge in [0, 0.05) is 31.1 Å². The highest BCUT2D eigenvalue weighted by molar-refractivity contribution is 5.49. The lowest BCUT2D eigenvalue weighted by Gasteiger charge is -2.29. The van der Waals surface area contributed by atoms with Gasteiger partial charge >= 0.3 is 6.01 Å². The van der Waals surface area contributed by atoms with Crippen LogP contribution in [0.5, 0.6) is 6.01 Å². The van der Waals surface area contributed by atoms with Gasteiger partial charge in [-0.05, 0) is 19.3 Å². The number of nitrogens with zero attached hydrogens (tertiary/aromatic N) is 2. The number of ether oxygens (including phenoxy) is 1. The van der Waals surface area contributed by atoms with Gasteiger partial charge in [-0.3, -0.25) is 0 Å². The smallest absolute Gasteiger partial charge is 0.318 e. The van der Waals surface area contributed by atoms with E-state index in [1.807, 2.05) is 0 Å². The number of aromatic nitrogens is 2. The van der Waals surface area contributed by atoms with Crippen LogP contribution in [0.4, 0.5) is 5.82 Å². The van der Waals surface area contributed by atoms with Crippen LogP contribution in [-0.2, 0) is 13.0 Å². The maximum atomic E-state index is 5.17. The molecule has 17 heavy (non-hydrogen) atoms. The molecule has 1 aromatic rings. The average Bonchev–Trinajstić information content (AvgIpc) is 2.33. The molecule has 5 nitrogen and oxygen atoms in total. The van der Waals surface area contributed by atoms with Gasteiger partial charge in [-0.25, -0.2) is 0 Å². The van der Waals surface area contributed by atoms with Crippen molar-refractivity contribution in [3.05, 3.63) is 11.3 Å². The van der Waals surface area contributed by atoms with Crippen LogP contribution in [0.3, 0.4) is 0 Å². The van der Waals surface area contributed by atoms with Crippen molar-refractivity contribution in [3.63, 3.8) is 0 Å². The Kier molecular flexibility index (Phi) is 2.84. The maximum absolute atomic E-state index is 5.17. The van der Waals surface area contributed by atoms with Crippen LogP contribution in [0.2, 0.25) is 0 Å². The summed E-state index contributed by atoms with van der Waals surface area (Å²) in [5.41, 5.74) is 2.33. The highest BCUT2D eigenvalue weighted by Gasteiger charge is 2.22. The fourth-order valence-electron chi connectivity index (χ4n) is 2.28. The third-order valence-corrected chi connectivity index (χ3v) is 3.54. The fourth-order valence-corrected chi connectivity index (χ4v) is 2.28. The minimum atomic E-state index is 0.479. The summed E-state index contributed by atoms with van der Waals surface area (Å²) in [7, 11) is 1.62. The first-order valence-corrected chi connectivity index (χ1v) is 6.28. The largest absolute Gasteiger partial charge is 0.467 e. The van der Waals surface area contributed by atoms with Crippen LogP contribution in [0, 0.1) is 0 Å². The Hall–Kier alpha value is -1.36. The third kappa shape index (κ3) is 2.07.